The van der Waals surface area contributed by atoms with Gasteiger partial charge in [-0.2, -0.15) is 0 Å². The van der Waals surface area contributed by atoms with E-state index < -0.39 is 0 Å². The zero-order valence-electron chi connectivity index (χ0n) is 9.00. The Morgan fingerprint density at radius 2 is 1.38 bits per heavy atom. The molecule has 0 saturated carbocycles. The highest BCUT2D eigenvalue weighted by Crippen LogP contribution is 2.24. The summed E-state index contributed by atoms with van der Waals surface area (Å²) in [6, 6.07) is 0. The van der Waals surface area contributed by atoms with Gasteiger partial charge in [0.2, 0.25) is 0 Å². The number of hydrogen-bond acceptors (Lipinski definition) is 2. The number of aliphatic hydroxyl groups excluding tert-OH is 2. The van der Waals surface area contributed by atoms with Crippen LogP contribution in [0.25, 0.3) is 0 Å². The normalized spacial score (nSPS) is 15.7. The van der Waals surface area contributed by atoms with Gasteiger partial charge in [-0.1, -0.05) is 33.1 Å². The van der Waals surface area contributed by atoms with Crippen LogP contribution in [-0.2, 0) is 0 Å². The third-order valence-electron chi connectivity index (χ3n) is 2.72. The zero-order valence-corrected chi connectivity index (χ0v) is 9.00. The maximum atomic E-state index is 9.20. The van der Waals surface area contributed by atoms with Gasteiger partial charge in [0.1, 0.15) is 0 Å². The van der Waals surface area contributed by atoms with E-state index in [-0.39, 0.29) is 13.2 Å². The van der Waals surface area contributed by atoms with Crippen molar-refractivity contribution in [3.05, 3.63) is 0 Å². The molecule has 0 saturated heterocycles. The van der Waals surface area contributed by atoms with Gasteiger partial charge >= 0.3 is 0 Å². The van der Waals surface area contributed by atoms with Gasteiger partial charge in [-0.25, -0.2) is 0 Å². The number of rotatable bonds is 8. The predicted octanol–water partition coefficient (Wildman–Crippen LogP) is 2.19. The van der Waals surface area contributed by atoms with E-state index in [0.717, 1.165) is 32.1 Å². The molecule has 0 rings (SSSR count). The average molecular weight is 188 g/mol. The summed E-state index contributed by atoms with van der Waals surface area (Å²) in [6.07, 6.45) is 5.33. The van der Waals surface area contributed by atoms with E-state index in [2.05, 4.69) is 13.8 Å². The van der Waals surface area contributed by atoms with Gasteiger partial charge in [-0.05, 0) is 24.7 Å². The maximum absolute atomic E-state index is 9.20. The number of aliphatic hydroxyl groups is 2. The van der Waals surface area contributed by atoms with E-state index >= 15 is 0 Å². The van der Waals surface area contributed by atoms with Crippen LogP contribution in [0.1, 0.15) is 46.0 Å². The first-order valence-electron chi connectivity index (χ1n) is 5.51. The van der Waals surface area contributed by atoms with Gasteiger partial charge in [-0.3, -0.25) is 0 Å². The first kappa shape index (κ1) is 12.9. The minimum Gasteiger partial charge on any atom is -0.396 e. The van der Waals surface area contributed by atoms with Gasteiger partial charge in [0, 0.05) is 13.2 Å². The lowest BCUT2D eigenvalue weighted by Gasteiger charge is -2.24. The third kappa shape index (κ3) is 5.27. The van der Waals surface area contributed by atoms with Crippen LogP contribution in [0.2, 0.25) is 0 Å². The Kier molecular flexibility index (Phi) is 8.46. The van der Waals surface area contributed by atoms with Crippen LogP contribution in [0.4, 0.5) is 0 Å². The summed E-state index contributed by atoms with van der Waals surface area (Å²) in [7, 11) is 0. The van der Waals surface area contributed by atoms with Crippen LogP contribution in [0, 0.1) is 11.8 Å². The van der Waals surface area contributed by atoms with Crippen LogP contribution in [0.5, 0.6) is 0 Å². The van der Waals surface area contributed by atoms with Crippen molar-refractivity contribution in [2.75, 3.05) is 13.2 Å². The molecular formula is C11H24O2. The molecule has 13 heavy (non-hydrogen) atoms. The summed E-state index contributed by atoms with van der Waals surface area (Å²) >= 11 is 0. The first-order chi connectivity index (χ1) is 6.29. The van der Waals surface area contributed by atoms with E-state index in [0.29, 0.717) is 11.8 Å². The molecule has 0 aliphatic heterocycles. The molecule has 2 heteroatoms. The van der Waals surface area contributed by atoms with Gasteiger partial charge in [0.15, 0.2) is 0 Å². The second-order valence-corrected chi connectivity index (χ2v) is 3.79. The van der Waals surface area contributed by atoms with Crippen molar-refractivity contribution in [1.29, 1.82) is 0 Å². The van der Waals surface area contributed by atoms with Crippen LogP contribution >= 0.6 is 0 Å². The average Bonchev–Trinajstić information content (AvgIpc) is 2.14. The SMILES string of the molecule is CCCC(CO)C(CCC)CCO. The van der Waals surface area contributed by atoms with Crippen molar-refractivity contribution in [3.8, 4) is 0 Å². The molecular weight excluding hydrogens is 164 g/mol. The van der Waals surface area contributed by atoms with E-state index in [4.69, 9.17) is 5.11 Å². The summed E-state index contributed by atoms with van der Waals surface area (Å²) in [5.41, 5.74) is 0. The highest BCUT2D eigenvalue weighted by Gasteiger charge is 2.18. The largest absolute Gasteiger partial charge is 0.396 e. The van der Waals surface area contributed by atoms with Crippen LogP contribution in [0.15, 0.2) is 0 Å². The molecule has 0 aliphatic carbocycles. The topological polar surface area (TPSA) is 40.5 Å². The van der Waals surface area contributed by atoms with Crippen LogP contribution < -0.4 is 0 Å². The second-order valence-electron chi connectivity index (χ2n) is 3.79. The summed E-state index contributed by atoms with van der Waals surface area (Å²) in [5, 5.41) is 18.1. The van der Waals surface area contributed by atoms with Crippen molar-refractivity contribution in [1.82, 2.24) is 0 Å². The molecule has 0 heterocycles. The molecule has 0 bridgehead atoms. The molecule has 2 nitrogen and oxygen atoms in total. The molecule has 0 amide bonds. The Morgan fingerprint density at radius 1 is 0.846 bits per heavy atom. The first-order valence-corrected chi connectivity index (χ1v) is 5.51. The van der Waals surface area contributed by atoms with E-state index in [9.17, 15) is 5.11 Å². The molecule has 0 radical (unpaired) electrons. The van der Waals surface area contributed by atoms with E-state index in [1.807, 2.05) is 0 Å². The molecule has 0 aromatic rings. The lowest BCUT2D eigenvalue weighted by molar-refractivity contribution is 0.134. The van der Waals surface area contributed by atoms with Crippen molar-refractivity contribution in [2.45, 2.75) is 46.0 Å². The summed E-state index contributed by atoms with van der Waals surface area (Å²) in [6.45, 7) is 4.83. The van der Waals surface area contributed by atoms with Gasteiger partial charge in [-0.15, -0.1) is 0 Å². The fourth-order valence-electron chi connectivity index (χ4n) is 2.00. The lowest BCUT2D eigenvalue weighted by atomic mass is 9.84. The summed E-state index contributed by atoms with van der Waals surface area (Å²) < 4.78 is 0. The Hall–Kier alpha value is -0.0800. The van der Waals surface area contributed by atoms with Crippen molar-refractivity contribution >= 4 is 0 Å². The molecule has 2 N–H and O–H groups in total. The summed E-state index contributed by atoms with van der Waals surface area (Å²) in [5.74, 6) is 0.914. The third-order valence-corrected chi connectivity index (χ3v) is 2.72. The minimum absolute atomic E-state index is 0.255. The van der Waals surface area contributed by atoms with Crippen LogP contribution in [0.3, 0.4) is 0 Å². The maximum Gasteiger partial charge on any atom is 0.0461 e. The molecule has 0 aromatic heterocycles. The van der Waals surface area contributed by atoms with Crippen molar-refractivity contribution in [3.63, 3.8) is 0 Å². The smallest absolute Gasteiger partial charge is 0.0461 e. The molecule has 0 fully saturated rings. The molecule has 2 unspecified atom stereocenters. The number of hydrogen-bond donors (Lipinski definition) is 2. The van der Waals surface area contributed by atoms with E-state index in [1.165, 1.54) is 0 Å². The molecule has 0 spiro atoms. The fourth-order valence-corrected chi connectivity index (χ4v) is 2.00. The Morgan fingerprint density at radius 3 is 1.77 bits per heavy atom. The molecule has 2 atom stereocenters. The Bertz CT molecular complexity index is 98.3. The standard InChI is InChI=1S/C11H24O2/c1-3-5-10(7-8-12)11(9-13)6-4-2/h10-13H,3-9H2,1-2H3. The molecule has 80 valence electrons. The highest BCUT2D eigenvalue weighted by atomic mass is 16.3. The lowest BCUT2D eigenvalue weighted by Crippen LogP contribution is -2.19. The highest BCUT2D eigenvalue weighted by molar-refractivity contribution is 4.68. The zero-order chi connectivity index (χ0) is 10.1. The Balaban J connectivity index is 3.94. The molecule has 0 aliphatic rings. The Labute approximate surface area is 82.0 Å². The van der Waals surface area contributed by atoms with Crippen LogP contribution in [-0.4, -0.2) is 23.4 Å². The van der Waals surface area contributed by atoms with Gasteiger partial charge < -0.3 is 10.2 Å². The van der Waals surface area contributed by atoms with Crippen molar-refractivity contribution in [2.24, 2.45) is 11.8 Å². The predicted molar refractivity (Wildman–Crippen MR) is 55.6 cm³/mol. The monoisotopic (exact) mass is 188 g/mol. The van der Waals surface area contributed by atoms with Gasteiger partial charge in [0.05, 0.1) is 0 Å². The fraction of sp³-hybridized carbons (Fsp3) is 1.00. The van der Waals surface area contributed by atoms with E-state index in [1.54, 1.807) is 0 Å². The molecule has 0 aromatic carbocycles. The summed E-state index contributed by atoms with van der Waals surface area (Å²) in [4.78, 5) is 0. The van der Waals surface area contributed by atoms with Crippen molar-refractivity contribution < 1.29 is 10.2 Å². The minimum atomic E-state index is 0.255. The second kappa shape index (κ2) is 8.52. The quantitative estimate of drug-likeness (QED) is 0.613. The van der Waals surface area contributed by atoms with Gasteiger partial charge in [0.25, 0.3) is 0 Å².